The van der Waals surface area contributed by atoms with Gasteiger partial charge in [-0.05, 0) is 17.5 Å². The van der Waals surface area contributed by atoms with E-state index in [0.29, 0.717) is 18.1 Å². The van der Waals surface area contributed by atoms with Crippen LogP contribution in [0.5, 0.6) is 0 Å². The molecule has 2 fully saturated rings. The molecule has 8 heteroatoms. The van der Waals surface area contributed by atoms with E-state index < -0.39 is 18.1 Å². The molecule has 0 bridgehead atoms. The lowest BCUT2D eigenvalue weighted by molar-refractivity contribution is -0.152. The van der Waals surface area contributed by atoms with Crippen molar-refractivity contribution < 1.29 is 19.1 Å². The van der Waals surface area contributed by atoms with E-state index in [1.54, 1.807) is 23.5 Å². The van der Waals surface area contributed by atoms with E-state index in [9.17, 15) is 9.59 Å². The number of nitrogens with zero attached hydrogens (tertiary/aromatic N) is 1. The second-order valence-corrected chi connectivity index (χ2v) is 10.4. The third-order valence-corrected chi connectivity index (χ3v) is 8.61. The van der Waals surface area contributed by atoms with Crippen molar-refractivity contribution in [3.63, 3.8) is 0 Å². The van der Waals surface area contributed by atoms with Gasteiger partial charge in [-0.2, -0.15) is 0 Å². The summed E-state index contributed by atoms with van der Waals surface area (Å²) < 4.78 is 11.6. The van der Waals surface area contributed by atoms with Crippen LogP contribution in [0.3, 0.4) is 0 Å². The predicted molar refractivity (Wildman–Crippen MR) is 126 cm³/mol. The van der Waals surface area contributed by atoms with Gasteiger partial charge in [0.2, 0.25) is 5.91 Å². The lowest BCUT2D eigenvalue weighted by Crippen LogP contribution is -2.68. The lowest BCUT2D eigenvalue weighted by atomic mass is 10.0. The van der Waals surface area contributed by atoms with E-state index in [-0.39, 0.29) is 16.5 Å². The fraction of sp³-hybridized carbons (Fsp3) is 0.333. The Bertz CT molecular complexity index is 985. The van der Waals surface area contributed by atoms with Gasteiger partial charge in [-0.25, -0.2) is 4.79 Å². The number of carbonyl (C=O) groups excluding carboxylic acids is 2. The summed E-state index contributed by atoms with van der Waals surface area (Å²) in [5.74, 6) is -0.0877. The minimum atomic E-state index is -0.580. The van der Waals surface area contributed by atoms with Gasteiger partial charge in [-0.3, -0.25) is 9.69 Å². The van der Waals surface area contributed by atoms with Gasteiger partial charge in [0.25, 0.3) is 0 Å². The van der Waals surface area contributed by atoms with Crippen LogP contribution in [0.1, 0.15) is 23.7 Å². The Morgan fingerprint density at radius 2 is 1.78 bits per heavy atom. The van der Waals surface area contributed by atoms with Gasteiger partial charge in [0.15, 0.2) is 6.10 Å². The largest absolute Gasteiger partial charge is 0.448 e. The SMILES string of the molecule is NC1C(=O)N2C(C(=O)OC(c3ccccc3)c3ccccc3)=C(SC3CCOC3)CS[C@H]12. The Labute approximate surface area is 195 Å². The molecule has 0 aliphatic carbocycles. The summed E-state index contributed by atoms with van der Waals surface area (Å²) in [6.07, 6.45) is 0.353. The van der Waals surface area contributed by atoms with Gasteiger partial charge in [-0.1, -0.05) is 60.7 Å². The van der Waals surface area contributed by atoms with Gasteiger partial charge in [0.1, 0.15) is 17.1 Å². The second kappa shape index (κ2) is 9.31. The molecular weight excluding hydrogens is 444 g/mol. The van der Waals surface area contributed by atoms with Crippen molar-refractivity contribution in [1.82, 2.24) is 4.90 Å². The monoisotopic (exact) mass is 468 g/mol. The molecule has 0 radical (unpaired) electrons. The Hall–Kier alpha value is -2.26. The summed E-state index contributed by atoms with van der Waals surface area (Å²) in [5, 5.41) is 0.0511. The molecule has 2 unspecified atom stereocenters. The molecule has 2 N–H and O–H groups in total. The van der Waals surface area contributed by atoms with E-state index in [2.05, 4.69) is 0 Å². The number of thioether (sulfide) groups is 2. The van der Waals surface area contributed by atoms with Crippen molar-refractivity contribution in [3.05, 3.63) is 82.4 Å². The molecule has 0 saturated carbocycles. The number of fused-ring (bicyclic) bond motifs is 1. The number of ether oxygens (including phenoxy) is 2. The zero-order valence-corrected chi connectivity index (χ0v) is 19.0. The van der Waals surface area contributed by atoms with E-state index in [1.165, 1.54) is 4.90 Å². The molecule has 3 aliphatic heterocycles. The van der Waals surface area contributed by atoms with Gasteiger partial charge >= 0.3 is 5.97 Å². The molecule has 3 heterocycles. The topological polar surface area (TPSA) is 81.9 Å². The zero-order chi connectivity index (χ0) is 22.1. The first-order chi connectivity index (χ1) is 15.6. The molecule has 0 aromatic heterocycles. The van der Waals surface area contributed by atoms with E-state index in [0.717, 1.165) is 29.1 Å². The summed E-state index contributed by atoms with van der Waals surface area (Å²) in [5.41, 5.74) is 8.11. The average molecular weight is 469 g/mol. The summed E-state index contributed by atoms with van der Waals surface area (Å²) in [6.45, 7) is 1.37. The van der Waals surface area contributed by atoms with E-state index >= 15 is 0 Å². The summed E-state index contributed by atoms with van der Waals surface area (Å²) in [6, 6.07) is 18.7. The molecule has 2 aromatic carbocycles. The highest BCUT2D eigenvalue weighted by atomic mass is 32.2. The fourth-order valence-electron chi connectivity index (χ4n) is 4.12. The molecule has 6 nitrogen and oxygen atoms in total. The highest BCUT2D eigenvalue weighted by molar-refractivity contribution is 8.06. The highest BCUT2D eigenvalue weighted by Crippen LogP contribution is 2.45. The van der Waals surface area contributed by atoms with Crippen LogP contribution in [0.15, 0.2) is 71.3 Å². The Kier molecular flexibility index (Phi) is 6.28. The first-order valence-corrected chi connectivity index (χ1v) is 12.5. The van der Waals surface area contributed by atoms with E-state index in [4.69, 9.17) is 15.2 Å². The molecule has 3 aliphatic rings. The number of esters is 1. The number of carbonyl (C=O) groups is 2. The molecular formula is C24H24N2O4S2. The van der Waals surface area contributed by atoms with Crippen LogP contribution in [-0.2, 0) is 19.1 Å². The number of rotatable bonds is 6. The smallest absolute Gasteiger partial charge is 0.356 e. The Balaban J connectivity index is 1.48. The maximum absolute atomic E-state index is 13.6. The van der Waals surface area contributed by atoms with Crippen LogP contribution in [0.4, 0.5) is 0 Å². The molecule has 5 rings (SSSR count). The lowest BCUT2D eigenvalue weighted by Gasteiger charge is -2.48. The van der Waals surface area contributed by atoms with Crippen LogP contribution in [-0.4, -0.2) is 52.4 Å². The third-order valence-electron chi connectivity index (χ3n) is 5.79. The second-order valence-electron chi connectivity index (χ2n) is 7.92. The molecule has 1 amide bonds. The van der Waals surface area contributed by atoms with Crippen molar-refractivity contribution in [2.45, 2.75) is 29.2 Å². The quantitative estimate of drug-likeness (QED) is 0.515. The maximum Gasteiger partial charge on any atom is 0.356 e. The molecule has 0 spiro atoms. The Morgan fingerprint density at radius 3 is 2.38 bits per heavy atom. The van der Waals surface area contributed by atoms with Gasteiger partial charge in [0, 0.05) is 22.5 Å². The van der Waals surface area contributed by atoms with Crippen LogP contribution in [0.2, 0.25) is 0 Å². The van der Waals surface area contributed by atoms with Crippen molar-refractivity contribution in [2.24, 2.45) is 5.73 Å². The molecule has 32 heavy (non-hydrogen) atoms. The van der Waals surface area contributed by atoms with Gasteiger partial charge < -0.3 is 15.2 Å². The van der Waals surface area contributed by atoms with Crippen molar-refractivity contribution in [1.29, 1.82) is 0 Å². The normalized spacial score (nSPS) is 25.0. The number of benzene rings is 2. The Morgan fingerprint density at radius 1 is 1.12 bits per heavy atom. The van der Waals surface area contributed by atoms with Gasteiger partial charge in [0.05, 0.1) is 6.61 Å². The van der Waals surface area contributed by atoms with Crippen molar-refractivity contribution in [3.8, 4) is 0 Å². The minimum Gasteiger partial charge on any atom is -0.448 e. The maximum atomic E-state index is 13.6. The summed E-state index contributed by atoms with van der Waals surface area (Å²) in [4.78, 5) is 28.6. The van der Waals surface area contributed by atoms with Crippen LogP contribution >= 0.6 is 23.5 Å². The summed E-state index contributed by atoms with van der Waals surface area (Å²) in [7, 11) is 0. The number of hydrogen-bond acceptors (Lipinski definition) is 7. The number of hydrogen-bond donors (Lipinski definition) is 1. The standard InChI is InChI=1S/C24H24N2O4S2/c25-19-22(27)26-20(18(14-31-23(19)26)32-17-11-12-29-13-17)24(28)30-21(15-7-3-1-4-8-15)16-9-5-2-6-10-16/h1-10,17,19,21,23H,11-14,25H2/t17?,19?,23-/m1/s1. The summed E-state index contributed by atoms with van der Waals surface area (Å²) >= 11 is 3.23. The number of nitrogens with two attached hydrogens (primary N) is 1. The predicted octanol–water partition coefficient (Wildman–Crippen LogP) is 3.30. The van der Waals surface area contributed by atoms with E-state index in [1.807, 2.05) is 60.7 Å². The number of β-lactam (4-membered cyclic amide) rings is 1. The third kappa shape index (κ3) is 4.08. The molecule has 2 saturated heterocycles. The fourth-order valence-corrected chi connectivity index (χ4v) is 6.81. The first-order valence-electron chi connectivity index (χ1n) is 10.6. The van der Waals surface area contributed by atoms with Gasteiger partial charge in [-0.15, -0.1) is 23.5 Å². The average Bonchev–Trinajstić information content (AvgIpc) is 3.36. The molecule has 3 atom stereocenters. The van der Waals surface area contributed by atoms with Crippen molar-refractivity contribution in [2.75, 3.05) is 19.0 Å². The molecule has 2 aromatic rings. The van der Waals surface area contributed by atoms with Crippen molar-refractivity contribution >= 4 is 35.4 Å². The molecule has 166 valence electrons. The minimum absolute atomic E-state index is 0.221. The zero-order valence-electron chi connectivity index (χ0n) is 17.4. The first kappa shape index (κ1) is 21.6. The van der Waals surface area contributed by atoms with Crippen LogP contribution < -0.4 is 5.73 Å². The highest BCUT2D eigenvalue weighted by Gasteiger charge is 2.52. The number of amides is 1. The van der Waals surface area contributed by atoms with Crippen LogP contribution in [0, 0.1) is 0 Å². The van der Waals surface area contributed by atoms with Crippen LogP contribution in [0.25, 0.3) is 0 Å².